The zero-order valence-corrected chi connectivity index (χ0v) is 13.2. The number of Topliss-reactive ketones (excluding diaryl/α,β-unsaturated/α-hetero) is 1. The molecule has 1 aliphatic rings. The molecule has 0 radical (unpaired) electrons. The molecule has 3 rings (SSSR count). The van der Waals surface area contributed by atoms with Gasteiger partial charge < -0.3 is 0 Å². The normalized spacial score (nSPS) is 14.7. The van der Waals surface area contributed by atoms with Crippen molar-refractivity contribution in [3.8, 4) is 0 Å². The predicted octanol–water partition coefficient (Wildman–Crippen LogP) is 5.24. The zero-order chi connectivity index (χ0) is 14.7. The van der Waals surface area contributed by atoms with E-state index in [2.05, 4.69) is 37.3 Å². The monoisotopic (exact) mass is 296 g/mol. The number of hydrogen-bond donors (Lipinski definition) is 0. The molecule has 0 aliphatic heterocycles. The average Bonchev–Trinajstić information content (AvgIpc) is 2.44. The standard InChI is InChI=1S/C19H20OS/c1-14-6-4-9-16(12-14)21-13-19(20)18-11-3-2-10-17(18)15-7-5-8-15/h2-4,6,9-12,15H,5,7-8,13H2,1H3. The van der Waals surface area contributed by atoms with Crippen molar-refractivity contribution in [2.24, 2.45) is 0 Å². The van der Waals surface area contributed by atoms with E-state index in [9.17, 15) is 4.79 Å². The van der Waals surface area contributed by atoms with E-state index in [-0.39, 0.29) is 5.78 Å². The third-order valence-corrected chi connectivity index (χ3v) is 5.16. The van der Waals surface area contributed by atoms with Gasteiger partial charge in [0.05, 0.1) is 5.75 Å². The largest absolute Gasteiger partial charge is 0.293 e. The third kappa shape index (κ3) is 3.38. The third-order valence-electron chi connectivity index (χ3n) is 4.17. The molecule has 0 aromatic heterocycles. The van der Waals surface area contributed by atoms with E-state index in [1.165, 1.54) is 35.3 Å². The molecule has 1 fully saturated rings. The summed E-state index contributed by atoms with van der Waals surface area (Å²) < 4.78 is 0. The van der Waals surface area contributed by atoms with Gasteiger partial charge in [0.2, 0.25) is 0 Å². The van der Waals surface area contributed by atoms with Crippen molar-refractivity contribution >= 4 is 17.5 Å². The van der Waals surface area contributed by atoms with Crippen LogP contribution in [0.5, 0.6) is 0 Å². The van der Waals surface area contributed by atoms with Crippen LogP contribution < -0.4 is 0 Å². The van der Waals surface area contributed by atoms with Crippen LogP contribution in [0.3, 0.4) is 0 Å². The van der Waals surface area contributed by atoms with Crippen molar-refractivity contribution in [1.82, 2.24) is 0 Å². The molecule has 0 bridgehead atoms. The second-order valence-corrected chi connectivity index (χ2v) is 6.79. The summed E-state index contributed by atoms with van der Waals surface area (Å²) in [4.78, 5) is 13.7. The summed E-state index contributed by atoms with van der Waals surface area (Å²) in [6.07, 6.45) is 3.76. The Morgan fingerprint density at radius 2 is 1.95 bits per heavy atom. The van der Waals surface area contributed by atoms with Gasteiger partial charge in [0.1, 0.15) is 0 Å². The highest BCUT2D eigenvalue weighted by molar-refractivity contribution is 8.00. The zero-order valence-electron chi connectivity index (χ0n) is 12.3. The fourth-order valence-electron chi connectivity index (χ4n) is 2.76. The summed E-state index contributed by atoms with van der Waals surface area (Å²) in [5.41, 5.74) is 3.43. The van der Waals surface area contributed by atoms with Gasteiger partial charge in [0.25, 0.3) is 0 Å². The maximum Gasteiger partial charge on any atom is 0.173 e. The van der Waals surface area contributed by atoms with Crippen LogP contribution in [0.4, 0.5) is 0 Å². The molecule has 1 saturated carbocycles. The topological polar surface area (TPSA) is 17.1 Å². The van der Waals surface area contributed by atoms with Crippen LogP contribution in [0.15, 0.2) is 53.4 Å². The van der Waals surface area contributed by atoms with Crippen LogP contribution >= 0.6 is 11.8 Å². The van der Waals surface area contributed by atoms with Crippen molar-refractivity contribution in [2.45, 2.75) is 37.0 Å². The van der Waals surface area contributed by atoms with Crippen LogP contribution in [0.2, 0.25) is 0 Å². The summed E-state index contributed by atoms with van der Waals surface area (Å²) in [5.74, 6) is 1.38. The molecule has 0 amide bonds. The van der Waals surface area contributed by atoms with Crippen LogP contribution in [-0.2, 0) is 0 Å². The van der Waals surface area contributed by atoms with Crippen LogP contribution in [0.25, 0.3) is 0 Å². The van der Waals surface area contributed by atoms with E-state index in [1.54, 1.807) is 11.8 Å². The number of ketones is 1. The van der Waals surface area contributed by atoms with Crippen LogP contribution in [0.1, 0.15) is 46.7 Å². The Hall–Kier alpha value is -1.54. The lowest BCUT2D eigenvalue weighted by Gasteiger charge is -2.27. The Morgan fingerprint density at radius 3 is 2.67 bits per heavy atom. The van der Waals surface area contributed by atoms with E-state index in [1.807, 2.05) is 18.2 Å². The van der Waals surface area contributed by atoms with Gasteiger partial charge in [-0.05, 0) is 43.4 Å². The van der Waals surface area contributed by atoms with E-state index >= 15 is 0 Å². The number of aryl methyl sites for hydroxylation is 1. The van der Waals surface area contributed by atoms with E-state index in [0.29, 0.717) is 11.7 Å². The highest BCUT2D eigenvalue weighted by Gasteiger charge is 2.23. The summed E-state index contributed by atoms with van der Waals surface area (Å²) in [7, 11) is 0. The minimum atomic E-state index is 0.254. The first-order chi connectivity index (χ1) is 10.2. The quantitative estimate of drug-likeness (QED) is 0.554. The molecule has 2 heteroatoms. The van der Waals surface area contributed by atoms with Gasteiger partial charge in [-0.3, -0.25) is 4.79 Å². The predicted molar refractivity (Wildman–Crippen MR) is 89.3 cm³/mol. The molecule has 0 heterocycles. The molecule has 0 unspecified atom stereocenters. The molecular weight excluding hydrogens is 276 g/mol. The average molecular weight is 296 g/mol. The lowest BCUT2D eigenvalue weighted by molar-refractivity contribution is 0.102. The minimum Gasteiger partial charge on any atom is -0.293 e. The second-order valence-electron chi connectivity index (χ2n) is 5.74. The molecule has 0 N–H and O–H groups in total. The Morgan fingerprint density at radius 1 is 1.14 bits per heavy atom. The summed E-state index contributed by atoms with van der Waals surface area (Å²) >= 11 is 1.63. The van der Waals surface area contributed by atoms with E-state index in [4.69, 9.17) is 0 Å². The van der Waals surface area contributed by atoms with Crippen molar-refractivity contribution in [1.29, 1.82) is 0 Å². The molecular formula is C19H20OS. The van der Waals surface area contributed by atoms with Gasteiger partial charge in [0, 0.05) is 10.5 Å². The molecule has 2 aromatic carbocycles. The highest BCUT2D eigenvalue weighted by atomic mass is 32.2. The van der Waals surface area contributed by atoms with Gasteiger partial charge in [-0.1, -0.05) is 48.4 Å². The minimum absolute atomic E-state index is 0.254. The van der Waals surface area contributed by atoms with Crippen LogP contribution in [0, 0.1) is 6.92 Å². The smallest absolute Gasteiger partial charge is 0.173 e. The Kier molecular flexibility index (Phi) is 4.45. The molecule has 1 aliphatic carbocycles. The number of rotatable bonds is 5. The summed E-state index contributed by atoms with van der Waals surface area (Å²) in [6, 6.07) is 16.5. The van der Waals surface area contributed by atoms with Gasteiger partial charge in [-0.15, -0.1) is 11.8 Å². The Bertz CT molecular complexity index is 644. The molecule has 1 nitrogen and oxygen atoms in total. The molecule has 21 heavy (non-hydrogen) atoms. The molecule has 0 atom stereocenters. The van der Waals surface area contributed by atoms with Gasteiger partial charge in [-0.2, -0.15) is 0 Å². The fraction of sp³-hybridized carbons (Fsp3) is 0.316. The number of benzene rings is 2. The Labute approximate surface area is 130 Å². The number of thioether (sulfide) groups is 1. The first-order valence-electron chi connectivity index (χ1n) is 7.55. The maximum absolute atomic E-state index is 12.5. The lowest BCUT2D eigenvalue weighted by atomic mass is 9.78. The summed E-state index contributed by atoms with van der Waals surface area (Å²) in [6.45, 7) is 2.08. The number of carbonyl (C=O) groups excluding carboxylic acids is 1. The number of carbonyl (C=O) groups is 1. The molecule has 0 saturated heterocycles. The van der Waals surface area contributed by atoms with Crippen molar-refractivity contribution in [3.05, 3.63) is 65.2 Å². The SMILES string of the molecule is Cc1cccc(SCC(=O)c2ccccc2C2CCC2)c1. The van der Waals surface area contributed by atoms with Gasteiger partial charge in [0.15, 0.2) is 5.78 Å². The molecule has 2 aromatic rings. The Balaban J connectivity index is 1.71. The van der Waals surface area contributed by atoms with Crippen molar-refractivity contribution < 1.29 is 4.79 Å². The van der Waals surface area contributed by atoms with Crippen LogP contribution in [-0.4, -0.2) is 11.5 Å². The number of hydrogen-bond acceptors (Lipinski definition) is 2. The summed E-state index contributed by atoms with van der Waals surface area (Å²) in [5, 5.41) is 0. The molecule has 108 valence electrons. The first-order valence-corrected chi connectivity index (χ1v) is 8.54. The second kappa shape index (κ2) is 6.48. The van der Waals surface area contributed by atoms with Crippen molar-refractivity contribution in [2.75, 3.05) is 5.75 Å². The van der Waals surface area contributed by atoms with Crippen molar-refractivity contribution in [3.63, 3.8) is 0 Å². The first kappa shape index (κ1) is 14.4. The van der Waals surface area contributed by atoms with Gasteiger partial charge >= 0.3 is 0 Å². The molecule has 0 spiro atoms. The van der Waals surface area contributed by atoms with E-state index < -0.39 is 0 Å². The van der Waals surface area contributed by atoms with Gasteiger partial charge in [-0.25, -0.2) is 0 Å². The maximum atomic E-state index is 12.5. The lowest BCUT2D eigenvalue weighted by Crippen LogP contribution is -2.14. The highest BCUT2D eigenvalue weighted by Crippen LogP contribution is 2.38. The fourth-order valence-corrected chi connectivity index (χ4v) is 3.66. The van der Waals surface area contributed by atoms with E-state index in [0.717, 1.165) is 5.56 Å².